The summed E-state index contributed by atoms with van der Waals surface area (Å²) in [4.78, 5) is 11.8. The minimum Gasteiger partial charge on any atom is -0.492 e. The van der Waals surface area contributed by atoms with E-state index >= 15 is 0 Å². The predicted octanol–water partition coefficient (Wildman–Crippen LogP) is 2.33. The molecule has 0 fully saturated rings. The molecular weight excluding hydrogens is 262 g/mol. The highest BCUT2D eigenvalue weighted by molar-refractivity contribution is 7.80. The fraction of sp³-hybridized carbons (Fsp3) is 0.429. The van der Waals surface area contributed by atoms with Crippen LogP contribution < -0.4 is 10.1 Å². The van der Waals surface area contributed by atoms with Crippen LogP contribution in [0.2, 0.25) is 0 Å². The first-order valence-corrected chi connectivity index (χ1v) is 6.73. The molecule has 0 bridgehead atoms. The summed E-state index contributed by atoms with van der Waals surface area (Å²) in [6.07, 6.45) is 0.832. The standard InChI is InChI=1S/C14H19NO3S/c1-2-17-14(16)9-8-13(19)15-10-11-18-12-6-4-3-5-7-12/h3-7H,2,8-11H2,1H3,(H,15,19). The zero-order valence-electron chi connectivity index (χ0n) is 11.1. The van der Waals surface area contributed by atoms with E-state index in [1.54, 1.807) is 6.92 Å². The smallest absolute Gasteiger partial charge is 0.306 e. The molecule has 0 aromatic heterocycles. The molecule has 5 heteroatoms. The van der Waals surface area contributed by atoms with Crippen LogP contribution in [-0.4, -0.2) is 30.7 Å². The number of benzene rings is 1. The van der Waals surface area contributed by atoms with Gasteiger partial charge in [0.05, 0.1) is 18.0 Å². The first-order chi connectivity index (χ1) is 9.22. The van der Waals surface area contributed by atoms with Gasteiger partial charge in [-0.05, 0) is 19.1 Å². The molecule has 1 aromatic rings. The van der Waals surface area contributed by atoms with E-state index in [2.05, 4.69) is 5.32 Å². The Kier molecular flexibility index (Phi) is 7.58. The van der Waals surface area contributed by atoms with Gasteiger partial charge in [-0.25, -0.2) is 0 Å². The maximum atomic E-state index is 11.1. The Labute approximate surface area is 119 Å². The molecule has 0 aliphatic heterocycles. The van der Waals surface area contributed by atoms with Crippen molar-refractivity contribution in [3.05, 3.63) is 30.3 Å². The van der Waals surface area contributed by atoms with Gasteiger partial charge in [-0.15, -0.1) is 0 Å². The monoisotopic (exact) mass is 281 g/mol. The van der Waals surface area contributed by atoms with Crippen LogP contribution in [0.3, 0.4) is 0 Å². The molecule has 0 saturated heterocycles. The highest BCUT2D eigenvalue weighted by atomic mass is 32.1. The minimum absolute atomic E-state index is 0.216. The number of rotatable bonds is 8. The lowest BCUT2D eigenvalue weighted by molar-refractivity contribution is -0.142. The lowest BCUT2D eigenvalue weighted by Gasteiger charge is -2.09. The zero-order valence-corrected chi connectivity index (χ0v) is 11.9. The Morgan fingerprint density at radius 1 is 1.26 bits per heavy atom. The van der Waals surface area contributed by atoms with E-state index in [1.807, 2.05) is 30.3 Å². The summed E-state index contributed by atoms with van der Waals surface area (Å²) in [6.45, 7) is 3.35. The lowest BCUT2D eigenvalue weighted by Crippen LogP contribution is -2.27. The van der Waals surface area contributed by atoms with Gasteiger partial charge in [0, 0.05) is 13.0 Å². The van der Waals surface area contributed by atoms with Crippen molar-refractivity contribution in [2.45, 2.75) is 19.8 Å². The summed E-state index contributed by atoms with van der Waals surface area (Å²) in [7, 11) is 0. The van der Waals surface area contributed by atoms with Crippen LogP contribution in [0.4, 0.5) is 0 Å². The number of hydrogen-bond donors (Lipinski definition) is 1. The number of carbonyl (C=O) groups is 1. The zero-order chi connectivity index (χ0) is 13.9. The second-order valence-electron chi connectivity index (χ2n) is 3.82. The second-order valence-corrected chi connectivity index (χ2v) is 4.31. The number of nitrogens with one attached hydrogen (secondary N) is 1. The van der Waals surface area contributed by atoms with Crippen LogP contribution in [0, 0.1) is 0 Å². The predicted molar refractivity (Wildman–Crippen MR) is 78.4 cm³/mol. The molecule has 0 atom stereocenters. The van der Waals surface area contributed by atoms with E-state index in [4.69, 9.17) is 21.7 Å². The van der Waals surface area contributed by atoms with Crippen LogP contribution in [0.15, 0.2) is 30.3 Å². The van der Waals surface area contributed by atoms with Gasteiger partial charge in [-0.1, -0.05) is 30.4 Å². The summed E-state index contributed by atoms with van der Waals surface area (Å²) in [6, 6.07) is 9.59. The van der Waals surface area contributed by atoms with Crippen LogP contribution in [0.5, 0.6) is 5.75 Å². The highest BCUT2D eigenvalue weighted by Gasteiger charge is 2.04. The molecule has 0 saturated carbocycles. The average molecular weight is 281 g/mol. The Morgan fingerprint density at radius 2 is 2.00 bits per heavy atom. The fourth-order valence-corrected chi connectivity index (χ4v) is 1.62. The largest absolute Gasteiger partial charge is 0.492 e. The van der Waals surface area contributed by atoms with Crippen molar-refractivity contribution < 1.29 is 14.3 Å². The second kappa shape index (κ2) is 9.33. The summed E-state index contributed by atoms with van der Waals surface area (Å²) in [5, 5.41) is 3.05. The van der Waals surface area contributed by atoms with Crippen LogP contribution in [0.25, 0.3) is 0 Å². The minimum atomic E-state index is -0.216. The van der Waals surface area contributed by atoms with Gasteiger partial charge in [0.2, 0.25) is 0 Å². The van der Waals surface area contributed by atoms with Gasteiger partial charge >= 0.3 is 5.97 Å². The summed E-state index contributed by atoms with van der Waals surface area (Å²) in [5.41, 5.74) is 0. The molecule has 1 aromatic carbocycles. The highest BCUT2D eigenvalue weighted by Crippen LogP contribution is 2.07. The number of esters is 1. The average Bonchev–Trinajstić information content (AvgIpc) is 2.43. The van der Waals surface area contributed by atoms with Gasteiger partial charge in [0.25, 0.3) is 0 Å². The Balaban J connectivity index is 2.06. The Hall–Kier alpha value is -1.62. The third-order valence-corrected chi connectivity index (χ3v) is 2.65. The summed E-state index contributed by atoms with van der Waals surface area (Å²) >= 11 is 5.11. The first-order valence-electron chi connectivity index (χ1n) is 6.32. The number of thiocarbonyl (C=S) groups is 1. The van der Waals surface area contributed by atoms with Crippen LogP contribution in [-0.2, 0) is 9.53 Å². The molecule has 0 radical (unpaired) electrons. The number of para-hydroxylation sites is 1. The van der Waals surface area contributed by atoms with E-state index in [0.29, 0.717) is 37.6 Å². The molecule has 0 spiro atoms. The molecule has 0 amide bonds. The summed E-state index contributed by atoms with van der Waals surface area (Å²) < 4.78 is 10.3. The summed E-state index contributed by atoms with van der Waals surface area (Å²) in [5.74, 6) is 0.619. The topological polar surface area (TPSA) is 47.6 Å². The molecule has 4 nitrogen and oxygen atoms in total. The van der Waals surface area contributed by atoms with Crippen molar-refractivity contribution in [2.75, 3.05) is 19.8 Å². The molecule has 0 heterocycles. The van der Waals surface area contributed by atoms with E-state index in [1.165, 1.54) is 0 Å². The molecule has 1 rings (SSSR count). The molecule has 104 valence electrons. The Bertz CT molecular complexity index is 395. The third-order valence-electron chi connectivity index (χ3n) is 2.30. The third kappa shape index (κ3) is 7.41. The maximum Gasteiger partial charge on any atom is 0.306 e. The van der Waals surface area contributed by atoms with Gasteiger partial charge < -0.3 is 14.8 Å². The number of carbonyl (C=O) groups excluding carboxylic acids is 1. The lowest BCUT2D eigenvalue weighted by atomic mass is 10.3. The van der Waals surface area contributed by atoms with Crippen molar-refractivity contribution in [3.8, 4) is 5.75 Å². The molecule has 19 heavy (non-hydrogen) atoms. The Morgan fingerprint density at radius 3 is 2.68 bits per heavy atom. The van der Waals surface area contributed by atoms with Crippen molar-refractivity contribution in [2.24, 2.45) is 0 Å². The molecular formula is C14H19NO3S. The van der Waals surface area contributed by atoms with Crippen LogP contribution in [0.1, 0.15) is 19.8 Å². The molecule has 0 aliphatic carbocycles. The van der Waals surface area contributed by atoms with Gasteiger partial charge in [0.1, 0.15) is 12.4 Å². The maximum absolute atomic E-state index is 11.1. The van der Waals surface area contributed by atoms with Crippen molar-refractivity contribution in [3.63, 3.8) is 0 Å². The van der Waals surface area contributed by atoms with Gasteiger partial charge in [-0.2, -0.15) is 0 Å². The fourth-order valence-electron chi connectivity index (χ4n) is 1.41. The van der Waals surface area contributed by atoms with Gasteiger partial charge in [0.15, 0.2) is 0 Å². The molecule has 0 aliphatic rings. The van der Waals surface area contributed by atoms with Gasteiger partial charge in [-0.3, -0.25) is 4.79 Å². The van der Waals surface area contributed by atoms with Crippen molar-refractivity contribution in [1.29, 1.82) is 0 Å². The van der Waals surface area contributed by atoms with E-state index < -0.39 is 0 Å². The van der Waals surface area contributed by atoms with Crippen molar-refractivity contribution in [1.82, 2.24) is 5.32 Å². The van der Waals surface area contributed by atoms with E-state index in [0.717, 1.165) is 5.75 Å². The SMILES string of the molecule is CCOC(=O)CCC(=S)NCCOc1ccccc1. The number of ether oxygens (including phenoxy) is 2. The number of hydrogen-bond acceptors (Lipinski definition) is 4. The normalized spacial score (nSPS) is 9.74. The quantitative estimate of drug-likeness (QED) is 0.450. The first kappa shape index (κ1) is 15.4. The molecule has 1 N–H and O–H groups in total. The molecule has 0 unspecified atom stereocenters. The van der Waals surface area contributed by atoms with E-state index in [-0.39, 0.29) is 5.97 Å². The van der Waals surface area contributed by atoms with E-state index in [9.17, 15) is 4.79 Å². The van der Waals surface area contributed by atoms with Crippen LogP contribution >= 0.6 is 12.2 Å². The van der Waals surface area contributed by atoms with Crippen molar-refractivity contribution >= 4 is 23.2 Å².